The number of carbonyl (C=O) groups is 1. The summed E-state index contributed by atoms with van der Waals surface area (Å²) in [6.45, 7) is 2.14. The van der Waals surface area contributed by atoms with E-state index in [0.717, 1.165) is 31.0 Å². The van der Waals surface area contributed by atoms with Crippen molar-refractivity contribution in [2.45, 2.75) is 51.9 Å². The van der Waals surface area contributed by atoms with Crippen LogP contribution < -0.4 is 0 Å². The first kappa shape index (κ1) is 16.6. The summed E-state index contributed by atoms with van der Waals surface area (Å²) in [5.74, 6) is -1.02. The lowest BCUT2D eigenvalue weighted by Crippen LogP contribution is -1.94. The molecule has 0 bridgehead atoms. The SMILES string of the molecule is CCCCCCCCSC(=O)CC(F)=C(F)F. The van der Waals surface area contributed by atoms with Crippen molar-refractivity contribution in [2.75, 3.05) is 5.75 Å². The number of allylic oxidation sites excluding steroid dienone is 1. The van der Waals surface area contributed by atoms with Gasteiger partial charge >= 0.3 is 6.08 Å². The van der Waals surface area contributed by atoms with Crippen LogP contribution in [-0.2, 0) is 4.79 Å². The lowest BCUT2D eigenvalue weighted by atomic mass is 10.1. The Morgan fingerprint density at radius 3 is 2.18 bits per heavy atom. The fourth-order valence-electron chi connectivity index (χ4n) is 1.31. The number of halogens is 3. The summed E-state index contributed by atoms with van der Waals surface area (Å²) in [4.78, 5) is 11.0. The molecule has 0 unspecified atom stereocenters. The molecule has 0 heterocycles. The van der Waals surface area contributed by atoms with Gasteiger partial charge in [-0.15, -0.1) is 0 Å². The quantitative estimate of drug-likeness (QED) is 0.543. The predicted molar refractivity (Wildman–Crippen MR) is 65.8 cm³/mol. The van der Waals surface area contributed by atoms with E-state index in [-0.39, 0.29) is 0 Å². The van der Waals surface area contributed by atoms with Crippen LogP contribution in [0.2, 0.25) is 0 Å². The molecule has 1 nitrogen and oxygen atoms in total. The monoisotopic (exact) mass is 268 g/mol. The first-order valence-electron chi connectivity index (χ1n) is 5.93. The van der Waals surface area contributed by atoms with E-state index >= 15 is 0 Å². The van der Waals surface area contributed by atoms with E-state index in [1.165, 1.54) is 19.3 Å². The second kappa shape index (κ2) is 10.7. The molecule has 0 saturated heterocycles. The third-order valence-corrected chi connectivity index (χ3v) is 3.22. The van der Waals surface area contributed by atoms with Gasteiger partial charge in [0, 0.05) is 5.75 Å². The molecule has 0 fully saturated rings. The summed E-state index contributed by atoms with van der Waals surface area (Å²) in [5.41, 5.74) is 0. The van der Waals surface area contributed by atoms with Crippen LogP contribution in [0.25, 0.3) is 0 Å². The van der Waals surface area contributed by atoms with E-state index in [2.05, 4.69) is 6.92 Å². The predicted octanol–water partition coefficient (Wildman–Crippen LogP) is 5.07. The van der Waals surface area contributed by atoms with E-state index in [0.29, 0.717) is 5.75 Å². The average Bonchev–Trinajstić information content (AvgIpc) is 2.27. The van der Waals surface area contributed by atoms with Gasteiger partial charge in [-0.25, -0.2) is 4.39 Å². The van der Waals surface area contributed by atoms with Crippen LogP contribution in [0.1, 0.15) is 51.9 Å². The fourth-order valence-corrected chi connectivity index (χ4v) is 2.12. The highest BCUT2D eigenvalue weighted by Gasteiger charge is 2.11. The van der Waals surface area contributed by atoms with E-state index in [9.17, 15) is 18.0 Å². The Morgan fingerprint density at radius 1 is 1.00 bits per heavy atom. The largest absolute Gasteiger partial charge is 0.301 e. The highest BCUT2D eigenvalue weighted by molar-refractivity contribution is 8.13. The molecule has 0 aromatic heterocycles. The van der Waals surface area contributed by atoms with Gasteiger partial charge in [0.25, 0.3) is 0 Å². The zero-order valence-corrected chi connectivity index (χ0v) is 10.9. The van der Waals surface area contributed by atoms with Crippen molar-refractivity contribution in [1.29, 1.82) is 0 Å². The first-order chi connectivity index (χ1) is 8.07. The molecule has 0 spiro atoms. The van der Waals surface area contributed by atoms with Gasteiger partial charge in [-0.3, -0.25) is 4.79 Å². The topological polar surface area (TPSA) is 17.1 Å². The highest BCUT2D eigenvalue weighted by Crippen LogP contribution is 2.19. The summed E-state index contributed by atoms with van der Waals surface area (Å²) in [5, 5.41) is -0.524. The van der Waals surface area contributed by atoms with Gasteiger partial charge in [0.1, 0.15) is 0 Å². The highest BCUT2D eigenvalue weighted by atomic mass is 32.2. The number of hydrogen-bond donors (Lipinski definition) is 0. The molecule has 17 heavy (non-hydrogen) atoms. The maximum Gasteiger partial charge on any atom is 0.301 e. The summed E-state index contributed by atoms with van der Waals surface area (Å²) >= 11 is 0.940. The zero-order valence-electron chi connectivity index (χ0n) is 10.1. The normalized spacial score (nSPS) is 10.4. The Morgan fingerprint density at radius 2 is 1.59 bits per heavy atom. The molecule has 0 aliphatic heterocycles. The van der Waals surface area contributed by atoms with E-state index in [1.54, 1.807) is 0 Å². The van der Waals surface area contributed by atoms with Crippen LogP contribution >= 0.6 is 11.8 Å². The minimum absolute atomic E-state index is 0.524. The minimum Gasteiger partial charge on any atom is -0.287 e. The molecule has 0 amide bonds. The molecule has 0 aliphatic rings. The Kier molecular flexibility index (Phi) is 10.4. The number of rotatable bonds is 9. The Bertz CT molecular complexity index is 250. The molecule has 0 atom stereocenters. The Labute approximate surface area is 105 Å². The molecule has 5 heteroatoms. The van der Waals surface area contributed by atoms with Crippen molar-refractivity contribution in [2.24, 2.45) is 0 Å². The molecule has 0 N–H and O–H groups in total. The van der Waals surface area contributed by atoms with Crippen molar-refractivity contribution in [1.82, 2.24) is 0 Å². The Hall–Kier alpha value is -0.450. The lowest BCUT2D eigenvalue weighted by molar-refractivity contribution is -0.110. The second-order valence-electron chi connectivity index (χ2n) is 3.83. The summed E-state index contributed by atoms with van der Waals surface area (Å²) < 4.78 is 35.8. The first-order valence-corrected chi connectivity index (χ1v) is 6.91. The fraction of sp³-hybridized carbons (Fsp3) is 0.750. The summed E-state index contributed by atoms with van der Waals surface area (Å²) in [6, 6.07) is 0. The number of thioether (sulfide) groups is 1. The molecule has 0 radical (unpaired) electrons. The third-order valence-electron chi connectivity index (χ3n) is 2.27. The van der Waals surface area contributed by atoms with Gasteiger partial charge in [-0.05, 0) is 6.42 Å². The lowest BCUT2D eigenvalue weighted by Gasteiger charge is -2.00. The van der Waals surface area contributed by atoms with Crippen LogP contribution in [0.5, 0.6) is 0 Å². The molecule has 0 saturated carbocycles. The van der Waals surface area contributed by atoms with Crippen molar-refractivity contribution in [3.8, 4) is 0 Å². The van der Waals surface area contributed by atoms with Crippen LogP contribution in [0.3, 0.4) is 0 Å². The Balaban J connectivity index is 3.43. The number of carbonyl (C=O) groups excluding carboxylic acids is 1. The van der Waals surface area contributed by atoms with Crippen molar-refractivity contribution in [3.63, 3.8) is 0 Å². The average molecular weight is 268 g/mol. The maximum atomic E-state index is 12.4. The molecule has 0 aliphatic carbocycles. The third kappa shape index (κ3) is 10.4. The number of unbranched alkanes of at least 4 members (excludes halogenated alkanes) is 5. The molecular formula is C12H19F3OS. The van der Waals surface area contributed by atoms with E-state index in [1.807, 2.05) is 0 Å². The number of hydrogen-bond acceptors (Lipinski definition) is 2. The van der Waals surface area contributed by atoms with Crippen molar-refractivity contribution >= 4 is 16.9 Å². The van der Waals surface area contributed by atoms with Gasteiger partial charge in [0.15, 0.2) is 10.9 Å². The molecule has 0 aromatic carbocycles. The van der Waals surface area contributed by atoms with Crippen LogP contribution in [0.15, 0.2) is 11.9 Å². The summed E-state index contributed by atoms with van der Waals surface area (Å²) in [7, 11) is 0. The minimum atomic E-state index is -2.39. The van der Waals surface area contributed by atoms with E-state index in [4.69, 9.17) is 0 Å². The van der Waals surface area contributed by atoms with Crippen molar-refractivity contribution < 1.29 is 18.0 Å². The van der Waals surface area contributed by atoms with Crippen LogP contribution in [-0.4, -0.2) is 10.9 Å². The van der Waals surface area contributed by atoms with Gasteiger partial charge in [-0.2, -0.15) is 8.78 Å². The summed E-state index contributed by atoms with van der Waals surface area (Å²) in [6.07, 6.45) is 3.47. The molecular weight excluding hydrogens is 249 g/mol. The maximum absolute atomic E-state index is 12.4. The molecule has 0 rings (SSSR count). The van der Waals surface area contributed by atoms with Crippen molar-refractivity contribution in [3.05, 3.63) is 11.9 Å². The second-order valence-corrected chi connectivity index (χ2v) is 4.98. The van der Waals surface area contributed by atoms with Gasteiger partial charge in [-0.1, -0.05) is 50.8 Å². The molecule has 100 valence electrons. The zero-order chi connectivity index (χ0) is 13.1. The van der Waals surface area contributed by atoms with Gasteiger partial charge in [0.2, 0.25) is 0 Å². The van der Waals surface area contributed by atoms with Crippen LogP contribution in [0, 0.1) is 0 Å². The molecule has 0 aromatic rings. The van der Waals surface area contributed by atoms with E-state index < -0.39 is 23.4 Å². The standard InChI is InChI=1S/C12H19F3OS/c1-2-3-4-5-6-7-8-17-11(16)9-10(13)12(14)15/h2-9H2,1H3. The van der Waals surface area contributed by atoms with Gasteiger partial charge < -0.3 is 0 Å². The van der Waals surface area contributed by atoms with Gasteiger partial charge in [0.05, 0.1) is 6.42 Å². The van der Waals surface area contributed by atoms with Crippen LogP contribution in [0.4, 0.5) is 13.2 Å². The smallest absolute Gasteiger partial charge is 0.287 e.